The predicted molar refractivity (Wildman–Crippen MR) is 77.6 cm³/mol. The lowest BCUT2D eigenvalue weighted by Gasteiger charge is -2.34. The molecule has 2 rings (SSSR count). The lowest BCUT2D eigenvalue weighted by atomic mass is 10.2. The molecule has 0 unspecified atom stereocenters. The molecule has 20 heavy (non-hydrogen) atoms. The van der Waals surface area contributed by atoms with Crippen molar-refractivity contribution in [1.29, 1.82) is 0 Å². The fraction of sp³-hybridized carbons (Fsp3) is 0.583. The zero-order valence-electron chi connectivity index (χ0n) is 11.6. The summed E-state index contributed by atoms with van der Waals surface area (Å²) >= 11 is 0. The van der Waals surface area contributed by atoms with E-state index in [4.69, 9.17) is 5.84 Å². The third kappa shape index (κ3) is 3.14. The first-order valence-corrected chi connectivity index (χ1v) is 6.75. The van der Waals surface area contributed by atoms with Crippen molar-refractivity contribution in [3.63, 3.8) is 0 Å². The molecule has 1 aliphatic rings. The van der Waals surface area contributed by atoms with Crippen molar-refractivity contribution in [2.45, 2.75) is 13.3 Å². The summed E-state index contributed by atoms with van der Waals surface area (Å²) in [5.41, 5.74) is 2.45. The molecule has 1 aromatic heterocycles. The van der Waals surface area contributed by atoms with Crippen molar-refractivity contribution >= 4 is 17.3 Å². The molecule has 8 heteroatoms. The molecule has 0 spiro atoms. The monoisotopic (exact) mass is 280 g/mol. The van der Waals surface area contributed by atoms with Crippen LogP contribution in [0.2, 0.25) is 0 Å². The third-order valence-corrected chi connectivity index (χ3v) is 3.41. The zero-order chi connectivity index (χ0) is 14.5. The van der Waals surface area contributed by atoms with E-state index in [-0.39, 0.29) is 5.69 Å². The number of nitro groups is 1. The maximum Gasteiger partial charge on any atom is 0.311 e. The molecule has 0 aromatic carbocycles. The molecule has 0 atom stereocenters. The number of hydrogen-bond donors (Lipinski definition) is 2. The van der Waals surface area contributed by atoms with Gasteiger partial charge in [-0.25, -0.2) is 10.8 Å². The fourth-order valence-corrected chi connectivity index (χ4v) is 2.40. The number of nitrogens with two attached hydrogens (primary N) is 1. The van der Waals surface area contributed by atoms with Gasteiger partial charge in [-0.1, -0.05) is 6.92 Å². The number of nitrogen functional groups attached to an aromatic ring is 1. The van der Waals surface area contributed by atoms with Gasteiger partial charge in [-0.05, 0) is 19.0 Å². The van der Waals surface area contributed by atoms with Crippen LogP contribution < -0.4 is 16.2 Å². The molecular weight excluding hydrogens is 260 g/mol. The highest BCUT2D eigenvalue weighted by molar-refractivity contribution is 5.61. The van der Waals surface area contributed by atoms with E-state index in [1.165, 1.54) is 12.1 Å². The van der Waals surface area contributed by atoms with Crippen LogP contribution in [-0.4, -0.2) is 47.5 Å². The predicted octanol–water partition coefficient (Wildman–Crippen LogP) is 0.807. The summed E-state index contributed by atoms with van der Waals surface area (Å²) in [7, 11) is 0. The Balaban J connectivity index is 2.17. The fourth-order valence-electron chi connectivity index (χ4n) is 2.40. The van der Waals surface area contributed by atoms with E-state index in [0.29, 0.717) is 11.6 Å². The smallest absolute Gasteiger partial charge is 0.311 e. The molecule has 0 aliphatic carbocycles. The normalized spacial score (nSPS) is 16.2. The van der Waals surface area contributed by atoms with Gasteiger partial charge in [-0.3, -0.25) is 15.0 Å². The van der Waals surface area contributed by atoms with Crippen molar-refractivity contribution < 1.29 is 4.92 Å². The maximum atomic E-state index is 11.1. The molecule has 1 aliphatic heterocycles. The van der Waals surface area contributed by atoms with Crippen molar-refractivity contribution in [3.8, 4) is 0 Å². The van der Waals surface area contributed by atoms with Crippen LogP contribution in [0.5, 0.6) is 0 Å². The largest absolute Gasteiger partial charge is 0.348 e. The number of anilines is 2. The minimum atomic E-state index is -0.402. The van der Waals surface area contributed by atoms with E-state index in [0.717, 1.165) is 39.1 Å². The highest BCUT2D eigenvalue weighted by Gasteiger charge is 2.25. The summed E-state index contributed by atoms with van der Waals surface area (Å²) < 4.78 is 0. The van der Waals surface area contributed by atoms with Gasteiger partial charge < -0.3 is 10.3 Å². The van der Waals surface area contributed by atoms with Gasteiger partial charge in [-0.15, -0.1) is 0 Å². The van der Waals surface area contributed by atoms with Crippen molar-refractivity contribution in [3.05, 3.63) is 22.2 Å². The van der Waals surface area contributed by atoms with Gasteiger partial charge in [-0.2, -0.15) is 0 Å². The second-order valence-electron chi connectivity index (χ2n) is 4.77. The van der Waals surface area contributed by atoms with Crippen LogP contribution in [0.25, 0.3) is 0 Å². The molecule has 0 amide bonds. The summed E-state index contributed by atoms with van der Waals surface area (Å²) in [6.45, 7) is 6.48. The van der Waals surface area contributed by atoms with E-state index in [1.807, 2.05) is 4.90 Å². The Labute approximate surface area is 117 Å². The Morgan fingerprint density at radius 3 is 2.65 bits per heavy atom. The molecule has 8 nitrogen and oxygen atoms in total. The van der Waals surface area contributed by atoms with Crippen LogP contribution in [0.4, 0.5) is 17.3 Å². The third-order valence-electron chi connectivity index (χ3n) is 3.41. The molecule has 110 valence electrons. The van der Waals surface area contributed by atoms with Crippen LogP contribution in [0.15, 0.2) is 12.1 Å². The second-order valence-corrected chi connectivity index (χ2v) is 4.77. The van der Waals surface area contributed by atoms with E-state index in [9.17, 15) is 10.1 Å². The van der Waals surface area contributed by atoms with Gasteiger partial charge in [0.2, 0.25) is 5.82 Å². The molecule has 2 heterocycles. The molecule has 0 saturated carbocycles. The van der Waals surface area contributed by atoms with E-state index < -0.39 is 4.92 Å². The first-order valence-electron chi connectivity index (χ1n) is 6.75. The second kappa shape index (κ2) is 6.49. The van der Waals surface area contributed by atoms with Crippen molar-refractivity contribution in [2.75, 3.05) is 43.0 Å². The van der Waals surface area contributed by atoms with Gasteiger partial charge in [0.25, 0.3) is 0 Å². The van der Waals surface area contributed by atoms with Gasteiger partial charge in [0, 0.05) is 32.2 Å². The molecule has 1 fully saturated rings. The van der Waals surface area contributed by atoms with E-state index in [2.05, 4.69) is 22.2 Å². The summed E-state index contributed by atoms with van der Waals surface area (Å²) in [4.78, 5) is 19.2. The lowest BCUT2D eigenvalue weighted by molar-refractivity contribution is -0.384. The van der Waals surface area contributed by atoms with Crippen LogP contribution in [-0.2, 0) is 0 Å². The number of nitrogens with one attached hydrogen (secondary N) is 1. The number of rotatable bonds is 5. The van der Waals surface area contributed by atoms with Gasteiger partial charge in [0.05, 0.1) is 4.92 Å². The Morgan fingerprint density at radius 2 is 2.10 bits per heavy atom. The van der Waals surface area contributed by atoms with Crippen LogP contribution in [0.3, 0.4) is 0 Å². The summed E-state index contributed by atoms with van der Waals surface area (Å²) in [6, 6.07) is 2.95. The van der Waals surface area contributed by atoms with Crippen LogP contribution in [0.1, 0.15) is 13.3 Å². The average Bonchev–Trinajstić information content (AvgIpc) is 2.47. The molecular formula is C12H20N6O2. The highest BCUT2D eigenvalue weighted by atomic mass is 16.6. The SMILES string of the molecule is CCCN1CCN(c2nc(NN)ccc2[N+](=O)[O-])CC1. The van der Waals surface area contributed by atoms with Gasteiger partial charge in [0.1, 0.15) is 5.82 Å². The molecule has 0 radical (unpaired) electrons. The standard InChI is InChI=1S/C12H20N6O2/c1-2-5-16-6-8-17(9-7-16)12-10(18(19)20)3-4-11(14-12)15-13/h3-4H,2,5-9,13H2,1H3,(H,14,15). The van der Waals surface area contributed by atoms with E-state index in [1.54, 1.807) is 0 Å². The topological polar surface area (TPSA) is 101 Å². The minimum absolute atomic E-state index is 0.0212. The molecule has 1 aromatic rings. The Bertz CT molecular complexity index is 473. The first-order chi connectivity index (χ1) is 9.65. The molecule has 0 bridgehead atoms. The van der Waals surface area contributed by atoms with Gasteiger partial charge in [0.15, 0.2) is 0 Å². The number of hydrogen-bond acceptors (Lipinski definition) is 7. The Kier molecular flexibility index (Phi) is 4.70. The number of aromatic nitrogens is 1. The number of piperazine rings is 1. The number of pyridine rings is 1. The van der Waals surface area contributed by atoms with Crippen molar-refractivity contribution in [2.24, 2.45) is 5.84 Å². The van der Waals surface area contributed by atoms with E-state index >= 15 is 0 Å². The minimum Gasteiger partial charge on any atom is -0.348 e. The number of hydrazine groups is 1. The van der Waals surface area contributed by atoms with Gasteiger partial charge >= 0.3 is 5.69 Å². The lowest BCUT2D eigenvalue weighted by Crippen LogP contribution is -2.47. The molecule has 3 N–H and O–H groups in total. The quantitative estimate of drug-likeness (QED) is 0.467. The first kappa shape index (κ1) is 14.5. The summed E-state index contributed by atoms with van der Waals surface area (Å²) in [6.07, 6.45) is 1.12. The Morgan fingerprint density at radius 1 is 1.40 bits per heavy atom. The van der Waals surface area contributed by atoms with Crippen LogP contribution >= 0.6 is 0 Å². The van der Waals surface area contributed by atoms with Crippen LogP contribution in [0, 0.1) is 10.1 Å². The van der Waals surface area contributed by atoms with Crippen molar-refractivity contribution in [1.82, 2.24) is 9.88 Å². The zero-order valence-corrected chi connectivity index (χ0v) is 11.6. The summed E-state index contributed by atoms with van der Waals surface area (Å²) in [5.74, 6) is 6.15. The highest BCUT2D eigenvalue weighted by Crippen LogP contribution is 2.28. The average molecular weight is 280 g/mol. The number of nitrogens with zero attached hydrogens (tertiary/aromatic N) is 4. The molecule has 1 saturated heterocycles. The summed E-state index contributed by atoms with van der Waals surface area (Å²) in [5, 5.41) is 11.1. The Hall–Kier alpha value is -1.93. The maximum absolute atomic E-state index is 11.1.